The number of carboxylic acid groups (broad SMARTS) is 2. The monoisotopic (exact) mass is 398 g/mol. The van der Waals surface area contributed by atoms with Gasteiger partial charge >= 0.3 is 11.9 Å². The van der Waals surface area contributed by atoms with Crippen LogP contribution in [0.4, 0.5) is 0 Å². The number of hydrogen-bond donors (Lipinski definition) is 2. The molecule has 2 aromatic carbocycles. The molecule has 8 heteroatoms. The fourth-order valence-corrected chi connectivity index (χ4v) is 2.70. The highest BCUT2D eigenvalue weighted by atomic mass is 35.5. The van der Waals surface area contributed by atoms with E-state index in [1.165, 1.54) is 24.3 Å². The van der Waals surface area contributed by atoms with Crippen LogP contribution in [0.3, 0.4) is 0 Å². The van der Waals surface area contributed by atoms with E-state index in [0.29, 0.717) is 21.2 Å². The molecule has 2 unspecified atom stereocenters. The summed E-state index contributed by atoms with van der Waals surface area (Å²) >= 11 is 11.7. The number of benzene rings is 2. The summed E-state index contributed by atoms with van der Waals surface area (Å²) in [5.74, 6) is -2.55. The first kappa shape index (κ1) is 19.9. The van der Waals surface area contributed by atoms with Crippen molar-refractivity contribution in [3.63, 3.8) is 0 Å². The van der Waals surface area contributed by atoms with E-state index in [1.54, 1.807) is 26.0 Å². The lowest BCUT2D eigenvalue weighted by molar-refractivity contribution is -0.161. The number of carbonyl (C=O) groups is 2. The lowest BCUT2D eigenvalue weighted by Crippen LogP contribution is -2.47. The van der Waals surface area contributed by atoms with Gasteiger partial charge in [0.1, 0.15) is 11.5 Å². The summed E-state index contributed by atoms with van der Waals surface area (Å²) in [6.07, 6.45) is -3.55. The Hall–Kier alpha value is -2.44. The van der Waals surface area contributed by atoms with Gasteiger partial charge in [-0.25, -0.2) is 9.59 Å². The summed E-state index contributed by atoms with van der Waals surface area (Å²) in [7, 11) is 0. The number of hydrogen-bond acceptors (Lipinski definition) is 4. The van der Waals surface area contributed by atoms with Crippen molar-refractivity contribution in [2.24, 2.45) is 0 Å². The maximum absolute atomic E-state index is 11.6. The molecule has 0 spiro atoms. The quantitative estimate of drug-likeness (QED) is 0.732. The molecule has 0 aliphatic heterocycles. The van der Waals surface area contributed by atoms with Gasteiger partial charge in [0.25, 0.3) is 0 Å². The molecule has 2 N–H and O–H groups in total. The smallest absolute Gasteiger partial charge is 0.349 e. The maximum atomic E-state index is 11.6. The van der Waals surface area contributed by atoms with Crippen molar-refractivity contribution in [1.82, 2.24) is 0 Å². The standard InChI is InChI=1S/C18H16Cl2O6/c1-9-7-11(19)3-5-13(9)25-15(17(21)22)16(18(23)24)26-14-6-4-12(20)8-10(14)2/h3-8,15-16H,1-2H3,(H,21,22)(H,23,24). The van der Waals surface area contributed by atoms with Crippen molar-refractivity contribution in [1.29, 1.82) is 0 Å². The van der Waals surface area contributed by atoms with Gasteiger partial charge in [0.2, 0.25) is 12.2 Å². The minimum absolute atomic E-state index is 0.199. The molecule has 0 saturated carbocycles. The highest BCUT2D eigenvalue weighted by molar-refractivity contribution is 6.31. The summed E-state index contributed by atoms with van der Waals surface area (Å²) in [4.78, 5) is 23.3. The van der Waals surface area contributed by atoms with Crippen molar-refractivity contribution in [2.45, 2.75) is 26.1 Å². The van der Waals surface area contributed by atoms with Gasteiger partial charge in [0.15, 0.2) is 0 Å². The van der Waals surface area contributed by atoms with Gasteiger partial charge in [0, 0.05) is 10.0 Å². The molecule has 0 fully saturated rings. The van der Waals surface area contributed by atoms with Crippen LogP contribution >= 0.6 is 23.2 Å². The summed E-state index contributed by atoms with van der Waals surface area (Å²) in [5.41, 5.74) is 1.13. The first-order valence-corrected chi connectivity index (χ1v) is 8.26. The van der Waals surface area contributed by atoms with Gasteiger partial charge in [-0.2, -0.15) is 0 Å². The Kier molecular flexibility index (Phi) is 6.34. The number of aliphatic carboxylic acids is 2. The second-order valence-electron chi connectivity index (χ2n) is 5.57. The molecule has 0 aromatic heterocycles. The first-order chi connectivity index (χ1) is 12.2. The van der Waals surface area contributed by atoms with Crippen molar-refractivity contribution in [2.75, 3.05) is 0 Å². The fourth-order valence-electron chi connectivity index (χ4n) is 2.25. The second-order valence-corrected chi connectivity index (χ2v) is 6.45. The molecular weight excluding hydrogens is 383 g/mol. The molecule has 2 atom stereocenters. The van der Waals surface area contributed by atoms with Crippen LogP contribution < -0.4 is 9.47 Å². The van der Waals surface area contributed by atoms with Gasteiger partial charge in [-0.1, -0.05) is 23.2 Å². The first-order valence-electron chi connectivity index (χ1n) is 7.50. The largest absolute Gasteiger partial charge is 0.478 e. The van der Waals surface area contributed by atoms with Gasteiger partial charge in [-0.15, -0.1) is 0 Å². The Morgan fingerprint density at radius 1 is 0.808 bits per heavy atom. The lowest BCUT2D eigenvalue weighted by Gasteiger charge is -2.24. The molecular formula is C18H16Cl2O6. The van der Waals surface area contributed by atoms with E-state index in [1.807, 2.05) is 0 Å². The number of aryl methyl sites for hydroxylation is 2. The average molecular weight is 399 g/mol. The Labute approximate surface area is 159 Å². The Balaban J connectivity index is 2.33. The zero-order valence-corrected chi connectivity index (χ0v) is 15.4. The molecule has 0 saturated heterocycles. The van der Waals surface area contributed by atoms with Crippen molar-refractivity contribution < 1.29 is 29.3 Å². The maximum Gasteiger partial charge on any atom is 0.349 e. The van der Waals surface area contributed by atoms with Gasteiger partial charge < -0.3 is 19.7 Å². The van der Waals surface area contributed by atoms with Crippen LogP contribution in [0.25, 0.3) is 0 Å². The van der Waals surface area contributed by atoms with E-state index >= 15 is 0 Å². The van der Waals surface area contributed by atoms with E-state index in [9.17, 15) is 19.8 Å². The Morgan fingerprint density at radius 3 is 1.42 bits per heavy atom. The van der Waals surface area contributed by atoms with Crippen LogP contribution in [-0.2, 0) is 9.59 Å². The summed E-state index contributed by atoms with van der Waals surface area (Å²) in [6.45, 7) is 3.33. The fraction of sp³-hybridized carbons (Fsp3) is 0.222. The highest BCUT2D eigenvalue weighted by Crippen LogP contribution is 2.27. The number of rotatable bonds is 7. The van der Waals surface area contributed by atoms with Crippen molar-refractivity contribution >= 4 is 35.1 Å². The predicted molar refractivity (Wildman–Crippen MR) is 96.5 cm³/mol. The SMILES string of the molecule is Cc1cc(Cl)ccc1OC(C(=O)O)C(Oc1ccc(Cl)cc1C)C(=O)O. The van der Waals surface area contributed by atoms with Crippen LogP contribution in [0.5, 0.6) is 11.5 Å². The highest BCUT2D eigenvalue weighted by Gasteiger charge is 2.38. The Morgan fingerprint density at radius 2 is 1.15 bits per heavy atom. The molecule has 0 amide bonds. The topological polar surface area (TPSA) is 93.1 Å². The second kappa shape index (κ2) is 8.29. The van der Waals surface area contributed by atoms with Gasteiger partial charge in [0.05, 0.1) is 0 Å². The summed E-state index contributed by atoms with van der Waals surface area (Å²) in [6, 6.07) is 9.14. The third-order valence-corrected chi connectivity index (χ3v) is 4.01. The zero-order chi connectivity index (χ0) is 19.4. The minimum atomic E-state index is -1.78. The van der Waals surface area contributed by atoms with E-state index in [0.717, 1.165) is 0 Å². The summed E-state index contributed by atoms with van der Waals surface area (Å²) in [5, 5.41) is 19.8. The average Bonchev–Trinajstić information content (AvgIpc) is 2.53. The number of ether oxygens (including phenoxy) is 2. The number of halogens is 2. The molecule has 0 aliphatic carbocycles. The van der Waals surface area contributed by atoms with E-state index < -0.39 is 24.1 Å². The van der Waals surface area contributed by atoms with Gasteiger partial charge in [-0.05, 0) is 61.4 Å². The minimum Gasteiger partial charge on any atom is -0.478 e. The van der Waals surface area contributed by atoms with Crippen LogP contribution in [0.1, 0.15) is 11.1 Å². The zero-order valence-electron chi connectivity index (χ0n) is 13.9. The van der Waals surface area contributed by atoms with Crippen LogP contribution in [-0.4, -0.2) is 34.4 Å². The van der Waals surface area contributed by atoms with Crippen molar-refractivity contribution in [3.8, 4) is 11.5 Å². The van der Waals surface area contributed by atoms with Gasteiger partial charge in [-0.3, -0.25) is 0 Å². The molecule has 26 heavy (non-hydrogen) atoms. The summed E-state index contributed by atoms with van der Waals surface area (Å²) < 4.78 is 10.9. The molecule has 0 bridgehead atoms. The molecule has 138 valence electrons. The van der Waals surface area contributed by atoms with Crippen LogP contribution in [0.2, 0.25) is 10.0 Å². The predicted octanol–water partition coefficient (Wildman–Crippen LogP) is 3.97. The Bertz CT molecular complexity index is 767. The lowest BCUT2D eigenvalue weighted by atomic mass is 10.1. The molecule has 0 aliphatic rings. The molecule has 0 heterocycles. The molecule has 2 rings (SSSR count). The normalized spacial score (nSPS) is 12.9. The van der Waals surface area contributed by atoms with E-state index in [2.05, 4.69) is 0 Å². The molecule has 2 aromatic rings. The van der Waals surface area contributed by atoms with E-state index in [-0.39, 0.29) is 11.5 Å². The van der Waals surface area contributed by atoms with Crippen molar-refractivity contribution in [3.05, 3.63) is 57.6 Å². The number of carboxylic acids is 2. The molecule has 0 radical (unpaired) electrons. The third-order valence-electron chi connectivity index (χ3n) is 3.54. The van der Waals surface area contributed by atoms with E-state index in [4.69, 9.17) is 32.7 Å². The van der Waals surface area contributed by atoms with Crippen LogP contribution in [0.15, 0.2) is 36.4 Å². The van der Waals surface area contributed by atoms with Crippen LogP contribution in [0, 0.1) is 13.8 Å². The third kappa shape index (κ3) is 4.80. The molecule has 6 nitrogen and oxygen atoms in total.